The van der Waals surface area contributed by atoms with Gasteiger partial charge in [-0.25, -0.2) is 4.79 Å². The minimum absolute atomic E-state index is 0.176. The predicted octanol–water partition coefficient (Wildman–Crippen LogP) is 4.24. The first-order valence-corrected chi connectivity index (χ1v) is 10.6. The van der Waals surface area contributed by atoms with Crippen LogP contribution < -0.4 is 5.32 Å². The summed E-state index contributed by atoms with van der Waals surface area (Å²) in [5.74, 6) is -0.173. The van der Waals surface area contributed by atoms with Gasteiger partial charge in [0.15, 0.2) is 0 Å². The number of amides is 2. The van der Waals surface area contributed by atoms with E-state index >= 15 is 0 Å². The Bertz CT molecular complexity index is 968. The van der Waals surface area contributed by atoms with Crippen molar-refractivity contribution in [2.45, 2.75) is 19.3 Å². The van der Waals surface area contributed by atoms with Crippen LogP contribution in [-0.2, 0) is 22.4 Å². The van der Waals surface area contributed by atoms with Gasteiger partial charge < -0.3 is 15.0 Å². The number of nitrogens with zero attached hydrogens (tertiary/aromatic N) is 3. The van der Waals surface area contributed by atoms with Crippen molar-refractivity contribution in [3.8, 4) is 6.07 Å². The number of nitrogens with one attached hydrogen (secondary N) is 1. The molecule has 0 aliphatic heterocycles. The minimum atomic E-state index is -0.381. The maximum atomic E-state index is 12.3. The Morgan fingerprint density at radius 2 is 2.19 bits per heavy atom. The number of rotatable bonds is 9. The zero-order valence-electron chi connectivity index (χ0n) is 17.6. The molecule has 31 heavy (non-hydrogen) atoms. The van der Waals surface area contributed by atoms with Gasteiger partial charge in [0.2, 0.25) is 5.91 Å². The van der Waals surface area contributed by atoms with Gasteiger partial charge in [-0.05, 0) is 42.4 Å². The van der Waals surface area contributed by atoms with Crippen LogP contribution in [-0.4, -0.2) is 43.3 Å². The molecule has 0 saturated carbocycles. The molecular weight excluding hydrogens is 412 g/mol. The van der Waals surface area contributed by atoms with E-state index in [0.717, 1.165) is 16.9 Å². The molecule has 1 unspecified atom stereocenters. The Balaban J connectivity index is 2.01. The van der Waals surface area contributed by atoms with Crippen molar-refractivity contribution >= 4 is 34.6 Å². The molecule has 7 nitrogen and oxygen atoms in total. The minimum Gasteiger partial charge on any atom is -0.449 e. The van der Waals surface area contributed by atoms with E-state index in [0.29, 0.717) is 42.1 Å². The molecule has 1 N–H and O–H groups in total. The van der Waals surface area contributed by atoms with Gasteiger partial charge in [0.05, 0.1) is 12.2 Å². The molecule has 8 heteroatoms. The van der Waals surface area contributed by atoms with Crippen molar-refractivity contribution in [3.05, 3.63) is 65.7 Å². The molecule has 1 aliphatic rings. The zero-order chi connectivity index (χ0) is 22.8. The lowest BCUT2D eigenvalue weighted by molar-refractivity contribution is -0.111. The summed E-state index contributed by atoms with van der Waals surface area (Å²) < 4.78 is 5.40. The zero-order valence-corrected chi connectivity index (χ0v) is 18.4. The second-order valence-corrected chi connectivity index (χ2v) is 8.14. The van der Waals surface area contributed by atoms with Gasteiger partial charge >= 0.3 is 6.09 Å². The monoisotopic (exact) mass is 438 g/mol. The maximum Gasteiger partial charge on any atom is 0.409 e. The highest BCUT2D eigenvalue weighted by molar-refractivity contribution is 7.16. The van der Waals surface area contributed by atoms with Crippen LogP contribution in [0.5, 0.6) is 0 Å². The number of nitriles is 1. The van der Waals surface area contributed by atoms with Crippen LogP contribution >= 0.6 is 11.3 Å². The van der Waals surface area contributed by atoms with Crippen molar-refractivity contribution in [1.29, 1.82) is 5.26 Å². The molecule has 0 saturated heterocycles. The quantitative estimate of drug-likeness (QED) is 0.270. The van der Waals surface area contributed by atoms with Crippen LogP contribution in [0.4, 0.5) is 9.80 Å². The molecule has 2 rings (SSSR count). The van der Waals surface area contributed by atoms with E-state index < -0.39 is 0 Å². The number of allylic oxidation sites excluding steroid dienone is 2. The van der Waals surface area contributed by atoms with E-state index in [1.165, 1.54) is 40.8 Å². The first-order chi connectivity index (χ1) is 14.9. The average Bonchev–Trinajstić information content (AvgIpc) is 3.10. The summed E-state index contributed by atoms with van der Waals surface area (Å²) in [7, 11) is 1.66. The Labute approximate surface area is 186 Å². The normalized spacial score (nSPS) is 15.2. The topological polar surface area (TPSA) is 94.8 Å². The number of likely N-dealkylation sites (N-methyl/N-ethyl adjacent to an activating group) is 1. The Morgan fingerprint density at radius 1 is 1.42 bits per heavy atom. The molecule has 0 bridgehead atoms. The number of fused-ring (bicyclic) bond motifs is 1. The van der Waals surface area contributed by atoms with E-state index in [1.807, 2.05) is 0 Å². The number of carbonyl (C=O) groups is 2. The summed E-state index contributed by atoms with van der Waals surface area (Å²) in [5.41, 5.74) is 2.03. The van der Waals surface area contributed by atoms with E-state index in [9.17, 15) is 14.9 Å². The van der Waals surface area contributed by atoms with Crippen molar-refractivity contribution in [2.75, 3.05) is 25.5 Å². The largest absolute Gasteiger partial charge is 0.449 e. The third-order valence-electron chi connectivity index (χ3n) is 4.67. The highest BCUT2D eigenvalue weighted by atomic mass is 32.1. The number of hydrogen-bond donors (Lipinski definition) is 1. The van der Waals surface area contributed by atoms with E-state index in [4.69, 9.17) is 4.74 Å². The van der Waals surface area contributed by atoms with Crippen LogP contribution in [0, 0.1) is 17.2 Å². The van der Waals surface area contributed by atoms with Gasteiger partial charge in [0.1, 0.15) is 11.1 Å². The summed E-state index contributed by atoms with van der Waals surface area (Å²) in [6, 6.07) is 2.22. The fourth-order valence-corrected chi connectivity index (χ4v) is 4.41. The highest BCUT2D eigenvalue weighted by Crippen LogP contribution is 2.39. The lowest BCUT2D eigenvalue weighted by Crippen LogP contribution is -2.30. The molecule has 1 aromatic rings. The number of aliphatic imine (C=N–C) groups is 1. The molecule has 0 spiro atoms. The average molecular weight is 439 g/mol. The van der Waals surface area contributed by atoms with Crippen molar-refractivity contribution in [2.24, 2.45) is 10.9 Å². The highest BCUT2D eigenvalue weighted by Gasteiger charge is 2.27. The molecule has 1 aromatic heterocycles. The molecule has 2 amide bonds. The number of anilines is 1. The Kier molecular flexibility index (Phi) is 8.97. The van der Waals surface area contributed by atoms with Gasteiger partial charge in [0.25, 0.3) is 0 Å². The molecule has 1 atom stereocenters. The Hall–Kier alpha value is -3.44. The third kappa shape index (κ3) is 6.79. The fraction of sp³-hybridized carbons (Fsp3) is 0.304. The number of carbonyl (C=O) groups excluding carboxylic acids is 2. The molecule has 1 aliphatic carbocycles. The second kappa shape index (κ2) is 11.7. The van der Waals surface area contributed by atoms with Gasteiger partial charge in [-0.15, -0.1) is 17.9 Å². The van der Waals surface area contributed by atoms with Gasteiger partial charge in [-0.3, -0.25) is 9.79 Å². The van der Waals surface area contributed by atoms with E-state index in [1.54, 1.807) is 13.1 Å². The summed E-state index contributed by atoms with van der Waals surface area (Å²) >= 11 is 1.40. The standard InChI is InChI=1S/C23H26N4O3S/c1-5-11-27(4)23(29)30-15-17-8-9-18-19(13-24)22(31-20(18)12-17)26-21(28)10-7-16(3)14-25-6-2/h5-7,10,14,17H,1-3,8-9,11-12,15H2,4H3,(H,26,28)/b10-7+,25-14?. The van der Waals surface area contributed by atoms with Crippen molar-refractivity contribution in [3.63, 3.8) is 0 Å². The van der Waals surface area contributed by atoms with Crippen LogP contribution in [0.25, 0.3) is 0 Å². The summed E-state index contributed by atoms with van der Waals surface area (Å²) in [5, 5.41) is 12.9. The van der Waals surface area contributed by atoms with Gasteiger partial charge in [-0.1, -0.05) is 19.2 Å². The molecule has 1 heterocycles. The number of ether oxygens (including phenoxy) is 1. The van der Waals surface area contributed by atoms with E-state index in [2.05, 4.69) is 36.1 Å². The third-order valence-corrected chi connectivity index (χ3v) is 5.84. The molecular formula is C23H26N4O3S. The van der Waals surface area contributed by atoms with Crippen LogP contribution in [0.1, 0.15) is 22.4 Å². The predicted molar refractivity (Wildman–Crippen MR) is 124 cm³/mol. The van der Waals surface area contributed by atoms with Crippen LogP contribution in [0.2, 0.25) is 0 Å². The smallest absolute Gasteiger partial charge is 0.409 e. The van der Waals surface area contributed by atoms with Crippen LogP contribution in [0.3, 0.4) is 0 Å². The summed E-state index contributed by atoms with van der Waals surface area (Å²) in [6.07, 6.45) is 9.23. The molecule has 0 fully saturated rings. The fourth-order valence-electron chi connectivity index (χ4n) is 3.10. The van der Waals surface area contributed by atoms with Gasteiger partial charge in [0, 0.05) is 37.0 Å². The molecule has 0 aromatic carbocycles. The SMILES string of the molecule is C=CCN(C)C(=O)OCC1CCc2c(sc(NC(=O)/C=C/C(=C)C=NC=C)c2C#N)C1. The number of hydrogen-bond acceptors (Lipinski definition) is 6. The molecule has 162 valence electrons. The number of thiophene rings is 1. The Morgan fingerprint density at radius 3 is 2.87 bits per heavy atom. The lowest BCUT2D eigenvalue weighted by Gasteiger charge is -2.23. The second-order valence-electron chi connectivity index (χ2n) is 7.03. The van der Waals surface area contributed by atoms with E-state index in [-0.39, 0.29) is 17.9 Å². The molecule has 0 radical (unpaired) electrons. The summed E-state index contributed by atoms with van der Waals surface area (Å²) in [6.45, 7) is 11.6. The first-order valence-electron chi connectivity index (χ1n) is 9.75. The lowest BCUT2D eigenvalue weighted by atomic mass is 9.88. The van der Waals surface area contributed by atoms with Crippen molar-refractivity contribution in [1.82, 2.24) is 4.90 Å². The first kappa shape index (κ1) is 23.8. The summed E-state index contributed by atoms with van der Waals surface area (Å²) in [4.78, 5) is 30.5. The van der Waals surface area contributed by atoms with Gasteiger partial charge in [-0.2, -0.15) is 5.26 Å². The van der Waals surface area contributed by atoms with Crippen molar-refractivity contribution < 1.29 is 14.3 Å². The maximum absolute atomic E-state index is 12.3. The van der Waals surface area contributed by atoms with Crippen LogP contribution in [0.15, 0.2) is 54.7 Å².